The Hall–Kier alpha value is -0.910. The average molecular weight is 243 g/mol. The lowest BCUT2D eigenvalue weighted by atomic mass is 10.0. The van der Waals surface area contributed by atoms with Gasteiger partial charge < -0.3 is 15.8 Å². The zero-order valence-electron chi connectivity index (χ0n) is 9.19. The van der Waals surface area contributed by atoms with Gasteiger partial charge in [-0.15, -0.1) is 0 Å². The van der Waals surface area contributed by atoms with Crippen molar-refractivity contribution in [2.45, 2.75) is 19.3 Å². The van der Waals surface area contributed by atoms with E-state index in [9.17, 15) is 4.79 Å². The summed E-state index contributed by atoms with van der Waals surface area (Å²) in [5.74, 6) is 2.22. The molecule has 16 heavy (non-hydrogen) atoms. The minimum atomic E-state index is -0.677. The molecule has 1 amide bonds. The van der Waals surface area contributed by atoms with Crippen LogP contribution in [0.15, 0.2) is 5.16 Å². The van der Waals surface area contributed by atoms with E-state index in [0.717, 1.165) is 31.0 Å². The van der Waals surface area contributed by atoms with Crippen molar-refractivity contribution in [3.05, 3.63) is 0 Å². The third-order valence-corrected chi connectivity index (χ3v) is 4.32. The number of carbonyl (C=O) groups excluding carboxylic acids is 1. The number of nitrogens with zero attached hydrogens (tertiary/aromatic N) is 2. The van der Waals surface area contributed by atoms with E-state index in [1.165, 1.54) is 0 Å². The monoisotopic (exact) mass is 243 g/mol. The first-order valence-corrected chi connectivity index (χ1v) is 6.71. The minimum absolute atomic E-state index is 0.0466. The number of nitrogens with two attached hydrogens (primary N) is 1. The van der Waals surface area contributed by atoms with Gasteiger partial charge in [-0.05, 0) is 25.0 Å². The Kier molecular flexibility index (Phi) is 3.28. The summed E-state index contributed by atoms with van der Waals surface area (Å²) in [5, 5.41) is 11.7. The lowest BCUT2D eigenvalue weighted by Gasteiger charge is -2.24. The number of carbonyl (C=O) groups is 1. The highest BCUT2D eigenvalue weighted by Gasteiger charge is 2.55. The predicted molar refractivity (Wildman–Crippen MR) is 63.6 cm³/mol. The van der Waals surface area contributed by atoms with Crippen LogP contribution in [0, 0.1) is 5.41 Å². The highest BCUT2D eigenvalue weighted by molar-refractivity contribution is 7.99. The van der Waals surface area contributed by atoms with Crippen molar-refractivity contribution in [3.8, 4) is 0 Å². The molecule has 1 saturated heterocycles. The molecule has 6 heteroatoms. The van der Waals surface area contributed by atoms with E-state index in [0.29, 0.717) is 12.8 Å². The van der Waals surface area contributed by atoms with E-state index < -0.39 is 5.41 Å². The summed E-state index contributed by atoms with van der Waals surface area (Å²) < 4.78 is 0. The largest absolute Gasteiger partial charge is 0.409 e. The molecule has 5 nitrogen and oxygen atoms in total. The summed E-state index contributed by atoms with van der Waals surface area (Å²) in [4.78, 5) is 14.1. The molecule has 0 bridgehead atoms. The van der Waals surface area contributed by atoms with Gasteiger partial charge in [-0.25, -0.2) is 0 Å². The predicted octanol–water partition coefficient (Wildman–Crippen LogP) is 0.478. The molecular formula is C10H17N3O2S. The van der Waals surface area contributed by atoms with Gasteiger partial charge in [0.1, 0.15) is 5.41 Å². The van der Waals surface area contributed by atoms with Crippen LogP contribution in [0.4, 0.5) is 0 Å². The molecule has 2 fully saturated rings. The summed E-state index contributed by atoms with van der Waals surface area (Å²) >= 11 is 1.88. The maximum Gasteiger partial charge on any atom is 0.236 e. The van der Waals surface area contributed by atoms with Crippen molar-refractivity contribution in [3.63, 3.8) is 0 Å². The Morgan fingerprint density at radius 3 is 2.75 bits per heavy atom. The van der Waals surface area contributed by atoms with Gasteiger partial charge in [0.05, 0.1) is 0 Å². The van der Waals surface area contributed by atoms with Gasteiger partial charge in [-0.2, -0.15) is 11.8 Å². The van der Waals surface area contributed by atoms with Crippen LogP contribution >= 0.6 is 11.8 Å². The van der Waals surface area contributed by atoms with Gasteiger partial charge in [-0.3, -0.25) is 4.79 Å². The molecule has 0 radical (unpaired) electrons. The number of amides is 1. The Morgan fingerprint density at radius 2 is 2.12 bits per heavy atom. The quantitative estimate of drug-likeness (QED) is 0.320. The van der Waals surface area contributed by atoms with Crippen molar-refractivity contribution >= 4 is 23.5 Å². The van der Waals surface area contributed by atoms with Crippen LogP contribution in [0.3, 0.4) is 0 Å². The smallest absolute Gasteiger partial charge is 0.236 e. The molecule has 2 rings (SSSR count). The molecule has 0 unspecified atom stereocenters. The van der Waals surface area contributed by atoms with Crippen molar-refractivity contribution in [2.24, 2.45) is 16.3 Å². The van der Waals surface area contributed by atoms with Crippen LogP contribution in [-0.4, -0.2) is 46.4 Å². The molecule has 90 valence electrons. The Labute approximate surface area is 99.0 Å². The first-order chi connectivity index (χ1) is 7.70. The minimum Gasteiger partial charge on any atom is -0.409 e. The third-order valence-electron chi connectivity index (χ3n) is 3.27. The van der Waals surface area contributed by atoms with Crippen LogP contribution in [0.1, 0.15) is 19.3 Å². The van der Waals surface area contributed by atoms with Gasteiger partial charge in [0.25, 0.3) is 0 Å². The maximum absolute atomic E-state index is 12.3. The number of rotatable bonds is 2. The topological polar surface area (TPSA) is 78.9 Å². The summed E-state index contributed by atoms with van der Waals surface area (Å²) in [6.07, 6.45) is 2.46. The summed E-state index contributed by atoms with van der Waals surface area (Å²) in [6, 6.07) is 0. The number of hydrogen-bond donors (Lipinski definition) is 2. The zero-order valence-corrected chi connectivity index (χ0v) is 10.0. The summed E-state index contributed by atoms with van der Waals surface area (Å²) in [5.41, 5.74) is 4.93. The molecule has 0 spiro atoms. The fourth-order valence-electron chi connectivity index (χ4n) is 2.05. The number of amidine groups is 1. The van der Waals surface area contributed by atoms with Crippen LogP contribution in [0.5, 0.6) is 0 Å². The maximum atomic E-state index is 12.3. The molecule has 3 N–H and O–H groups in total. The fraction of sp³-hybridized carbons (Fsp3) is 0.800. The molecule has 0 aromatic carbocycles. The van der Waals surface area contributed by atoms with E-state index >= 15 is 0 Å². The van der Waals surface area contributed by atoms with Crippen LogP contribution in [0.2, 0.25) is 0 Å². The van der Waals surface area contributed by atoms with Crippen molar-refractivity contribution in [1.29, 1.82) is 0 Å². The molecule has 1 heterocycles. The number of thioether (sulfide) groups is 1. The van der Waals surface area contributed by atoms with E-state index in [1.807, 2.05) is 16.7 Å². The Morgan fingerprint density at radius 1 is 1.38 bits per heavy atom. The lowest BCUT2D eigenvalue weighted by molar-refractivity contribution is -0.134. The van der Waals surface area contributed by atoms with Gasteiger partial charge in [0, 0.05) is 18.8 Å². The Bertz CT molecular complexity index is 307. The van der Waals surface area contributed by atoms with Crippen molar-refractivity contribution in [1.82, 2.24) is 4.90 Å². The fourth-order valence-corrected chi connectivity index (χ4v) is 2.94. The van der Waals surface area contributed by atoms with Crippen LogP contribution in [-0.2, 0) is 4.79 Å². The van der Waals surface area contributed by atoms with E-state index in [4.69, 9.17) is 10.9 Å². The van der Waals surface area contributed by atoms with Crippen LogP contribution < -0.4 is 5.73 Å². The molecule has 1 aliphatic carbocycles. The normalized spacial score (nSPS) is 25.0. The molecule has 1 aliphatic heterocycles. The number of hydrogen-bond acceptors (Lipinski definition) is 4. The van der Waals surface area contributed by atoms with Crippen molar-refractivity contribution in [2.75, 3.05) is 24.6 Å². The first-order valence-electron chi connectivity index (χ1n) is 5.56. The SMILES string of the molecule is NC(=NO)C1(C(=O)N2CCCSCC2)CC1. The van der Waals surface area contributed by atoms with Crippen LogP contribution in [0.25, 0.3) is 0 Å². The van der Waals surface area contributed by atoms with E-state index in [-0.39, 0.29) is 11.7 Å². The first kappa shape index (κ1) is 11.6. The zero-order chi connectivity index (χ0) is 11.6. The van der Waals surface area contributed by atoms with Gasteiger partial charge in [0.15, 0.2) is 5.84 Å². The average Bonchev–Trinajstić information content (AvgIpc) is 3.11. The highest BCUT2D eigenvalue weighted by atomic mass is 32.2. The molecule has 2 aliphatic rings. The van der Waals surface area contributed by atoms with Gasteiger partial charge in [-0.1, -0.05) is 5.16 Å². The summed E-state index contributed by atoms with van der Waals surface area (Å²) in [6.45, 7) is 1.58. The molecule has 0 aromatic heterocycles. The second-order valence-electron chi connectivity index (χ2n) is 4.33. The van der Waals surface area contributed by atoms with Gasteiger partial charge in [0.2, 0.25) is 5.91 Å². The second kappa shape index (κ2) is 4.53. The van der Waals surface area contributed by atoms with E-state index in [1.54, 1.807) is 0 Å². The summed E-state index contributed by atoms with van der Waals surface area (Å²) in [7, 11) is 0. The van der Waals surface area contributed by atoms with E-state index in [2.05, 4.69) is 5.16 Å². The van der Waals surface area contributed by atoms with Gasteiger partial charge >= 0.3 is 0 Å². The standard InChI is InChI=1S/C10H17N3O2S/c11-8(12-15)10(2-3-10)9(14)13-4-1-6-16-7-5-13/h15H,1-7H2,(H2,11,12). The second-order valence-corrected chi connectivity index (χ2v) is 5.55. The molecule has 0 atom stereocenters. The highest BCUT2D eigenvalue weighted by Crippen LogP contribution is 2.47. The molecular weight excluding hydrogens is 226 g/mol. The molecule has 0 aromatic rings. The number of oxime groups is 1. The lowest BCUT2D eigenvalue weighted by Crippen LogP contribution is -2.44. The van der Waals surface area contributed by atoms with Crippen molar-refractivity contribution < 1.29 is 10.0 Å². The Balaban J connectivity index is 2.06. The molecule has 1 saturated carbocycles. The third kappa shape index (κ3) is 1.98.